The third kappa shape index (κ3) is 4.24. The van der Waals surface area contributed by atoms with E-state index in [1.165, 1.54) is 95.4 Å². The maximum Gasteiger partial charge on any atom is 0.0465 e. The van der Waals surface area contributed by atoms with Crippen molar-refractivity contribution in [2.24, 2.45) is 23.7 Å². The molecule has 246 valence electrons. The molecule has 1 spiro atoms. The van der Waals surface area contributed by atoms with Crippen molar-refractivity contribution >= 4 is 17.1 Å². The lowest BCUT2D eigenvalue weighted by molar-refractivity contribution is -0.0399. The molecule has 11 rings (SSSR count). The second-order valence-electron chi connectivity index (χ2n) is 17.7. The average Bonchev–Trinajstić information content (AvgIpc) is 3.40. The monoisotopic (exact) mass is 639 g/mol. The van der Waals surface area contributed by atoms with Crippen LogP contribution in [0.5, 0.6) is 0 Å². The fourth-order valence-corrected chi connectivity index (χ4v) is 12.0. The van der Waals surface area contributed by atoms with Crippen LogP contribution in [-0.4, -0.2) is 0 Å². The number of anilines is 3. The van der Waals surface area contributed by atoms with Gasteiger partial charge in [0, 0.05) is 22.5 Å². The van der Waals surface area contributed by atoms with Gasteiger partial charge in [0.25, 0.3) is 0 Å². The molecule has 5 aromatic rings. The first-order chi connectivity index (χ1) is 23.7. The molecule has 1 nitrogen and oxygen atoms in total. The quantitative estimate of drug-likeness (QED) is 0.189. The molecule has 0 saturated heterocycles. The summed E-state index contributed by atoms with van der Waals surface area (Å²) in [6.45, 7) is 9.76. The maximum atomic E-state index is 2.66. The normalized spacial score (nSPS) is 27.8. The van der Waals surface area contributed by atoms with Gasteiger partial charge < -0.3 is 4.90 Å². The van der Waals surface area contributed by atoms with Crippen LogP contribution < -0.4 is 4.90 Å². The highest BCUT2D eigenvalue weighted by molar-refractivity contribution is 5.94. The smallest absolute Gasteiger partial charge is 0.0465 e. The Bertz CT molecular complexity index is 2060. The summed E-state index contributed by atoms with van der Waals surface area (Å²) in [6.07, 6.45) is 9.49. The summed E-state index contributed by atoms with van der Waals surface area (Å²) in [7, 11) is 0. The summed E-state index contributed by atoms with van der Waals surface area (Å²) in [5, 5.41) is 0. The Labute approximate surface area is 293 Å². The Morgan fingerprint density at radius 2 is 1.06 bits per heavy atom. The third-order valence-corrected chi connectivity index (χ3v) is 14.1. The van der Waals surface area contributed by atoms with Crippen LogP contribution in [0.1, 0.15) is 94.9 Å². The Balaban J connectivity index is 1.21. The van der Waals surface area contributed by atoms with Gasteiger partial charge in [-0.2, -0.15) is 0 Å². The molecule has 4 bridgehead atoms. The van der Waals surface area contributed by atoms with Gasteiger partial charge in [0.05, 0.1) is 0 Å². The second-order valence-corrected chi connectivity index (χ2v) is 17.7. The maximum absolute atomic E-state index is 2.66. The molecular weight excluding hydrogens is 591 g/mol. The molecule has 0 radical (unpaired) electrons. The SMILES string of the molecule is CC1(C)CCC(C)(C)c2cc(N(c3ccccc3)c3ccc4c(c3)C3(c5cccc(-c6ccccc6)c5-4)C4CC5CC(C4)CC3C5)ccc21. The van der Waals surface area contributed by atoms with E-state index in [0.29, 0.717) is 0 Å². The van der Waals surface area contributed by atoms with Crippen molar-refractivity contribution in [1.29, 1.82) is 0 Å². The number of rotatable bonds is 4. The molecular formula is C48H49N. The molecule has 49 heavy (non-hydrogen) atoms. The predicted molar refractivity (Wildman–Crippen MR) is 205 cm³/mol. The summed E-state index contributed by atoms with van der Waals surface area (Å²) >= 11 is 0. The summed E-state index contributed by atoms with van der Waals surface area (Å²) in [6, 6.07) is 44.6. The van der Waals surface area contributed by atoms with Gasteiger partial charge in [-0.05, 0) is 160 Å². The lowest BCUT2D eigenvalue weighted by Crippen LogP contribution is -2.55. The fourth-order valence-electron chi connectivity index (χ4n) is 12.0. The molecule has 4 saturated carbocycles. The highest BCUT2D eigenvalue weighted by Crippen LogP contribution is 2.70. The molecule has 6 aliphatic carbocycles. The number of nitrogens with zero attached hydrogens (tertiary/aromatic N) is 1. The van der Waals surface area contributed by atoms with E-state index in [-0.39, 0.29) is 16.2 Å². The Hall–Kier alpha value is -4.10. The van der Waals surface area contributed by atoms with Crippen LogP contribution in [0.15, 0.2) is 115 Å². The Morgan fingerprint density at radius 3 is 1.73 bits per heavy atom. The molecule has 0 aliphatic heterocycles. The molecule has 0 aromatic heterocycles. The van der Waals surface area contributed by atoms with Crippen LogP contribution in [0.25, 0.3) is 22.3 Å². The summed E-state index contributed by atoms with van der Waals surface area (Å²) in [4.78, 5) is 2.56. The zero-order valence-corrected chi connectivity index (χ0v) is 29.7. The lowest BCUT2D eigenvalue weighted by Gasteiger charge is -2.61. The lowest BCUT2D eigenvalue weighted by atomic mass is 9.43. The molecule has 5 aromatic carbocycles. The minimum absolute atomic E-state index is 0.100. The standard InChI is InChI=1S/C48H49N/c1-46(2)22-23-47(3,4)44-30-38(19-21-41(44)46)49(36-14-9-6-10-15-36)37-18-20-40-43(29-37)48(34-25-31-24-32(27-34)28-35(48)26-31)42-17-11-16-39(45(40)42)33-12-7-5-8-13-33/h5-21,29-32,34-35H,22-28H2,1-4H3. The number of benzene rings is 5. The van der Waals surface area contributed by atoms with E-state index in [1.807, 2.05) is 0 Å². The van der Waals surface area contributed by atoms with E-state index in [9.17, 15) is 0 Å². The van der Waals surface area contributed by atoms with Crippen LogP contribution in [0.2, 0.25) is 0 Å². The van der Waals surface area contributed by atoms with Gasteiger partial charge in [0.2, 0.25) is 0 Å². The van der Waals surface area contributed by atoms with E-state index in [4.69, 9.17) is 0 Å². The molecule has 1 heteroatoms. The number of hydrogen-bond donors (Lipinski definition) is 0. The van der Waals surface area contributed by atoms with Crippen molar-refractivity contribution < 1.29 is 0 Å². The molecule has 0 amide bonds. The van der Waals surface area contributed by atoms with Crippen LogP contribution in [-0.2, 0) is 16.2 Å². The number of para-hydroxylation sites is 1. The van der Waals surface area contributed by atoms with E-state index >= 15 is 0 Å². The minimum Gasteiger partial charge on any atom is -0.310 e. The van der Waals surface area contributed by atoms with Gasteiger partial charge in [-0.15, -0.1) is 0 Å². The van der Waals surface area contributed by atoms with Gasteiger partial charge in [-0.3, -0.25) is 0 Å². The zero-order valence-electron chi connectivity index (χ0n) is 29.7. The molecule has 0 unspecified atom stereocenters. The Morgan fingerprint density at radius 1 is 0.469 bits per heavy atom. The van der Waals surface area contributed by atoms with Gasteiger partial charge in [0.1, 0.15) is 0 Å². The largest absolute Gasteiger partial charge is 0.310 e. The summed E-state index contributed by atoms with van der Waals surface area (Å²) in [5.41, 5.74) is 16.2. The number of fused-ring (bicyclic) bond motifs is 4. The first-order valence-electron chi connectivity index (χ1n) is 19.1. The second kappa shape index (κ2) is 10.5. The summed E-state index contributed by atoms with van der Waals surface area (Å²) in [5.74, 6) is 3.29. The van der Waals surface area contributed by atoms with Gasteiger partial charge in [-0.1, -0.05) is 107 Å². The van der Waals surface area contributed by atoms with Crippen LogP contribution >= 0.6 is 0 Å². The van der Waals surface area contributed by atoms with Gasteiger partial charge in [-0.25, -0.2) is 0 Å². The highest BCUT2D eigenvalue weighted by Gasteiger charge is 2.62. The first kappa shape index (κ1) is 29.8. The van der Waals surface area contributed by atoms with E-state index in [1.54, 1.807) is 11.1 Å². The minimum atomic E-state index is 0.100. The van der Waals surface area contributed by atoms with Gasteiger partial charge >= 0.3 is 0 Å². The van der Waals surface area contributed by atoms with Crippen LogP contribution in [0.4, 0.5) is 17.1 Å². The number of hydrogen-bond acceptors (Lipinski definition) is 1. The molecule has 0 heterocycles. The fraction of sp³-hybridized carbons (Fsp3) is 0.375. The van der Waals surface area contributed by atoms with Crippen molar-refractivity contribution in [1.82, 2.24) is 0 Å². The van der Waals surface area contributed by atoms with Crippen molar-refractivity contribution in [2.45, 2.75) is 88.9 Å². The summed E-state index contributed by atoms with van der Waals surface area (Å²) < 4.78 is 0. The highest BCUT2D eigenvalue weighted by atomic mass is 15.1. The predicted octanol–water partition coefficient (Wildman–Crippen LogP) is 12.9. The average molecular weight is 640 g/mol. The first-order valence-corrected chi connectivity index (χ1v) is 19.1. The topological polar surface area (TPSA) is 3.24 Å². The van der Waals surface area contributed by atoms with E-state index in [0.717, 1.165) is 23.7 Å². The van der Waals surface area contributed by atoms with Crippen molar-refractivity contribution in [3.05, 3.63) is 138 Å². The van der Waals surface area contributed by atoms with Crippen LogP contribution in [0, 0.1) is 23.7 Å². The third-order valence-electron chi connectivity index (χ3n) is 14.1. The van der Waals surface area contributed by atoms with Crippen LogP contribution in [0.3, 0.4) is 0 Å². The molecule has 0 atom stereocenters. The molecule has 6 aliphatic rings. The zero-order chi connectivity index (χ0) is 33.1. The van der Waals surface area contributed by atoms with E-state index < -0.39 is 0 Å². The van der Waals surface area contributed by atoms with E-state index in [2.05, 4.69) is 148 Å². The Kier molecular flexibility index (Phi) is 6.36. The van der Waals surface area contributed by atoms with Crippen molar-refractivity contribution in [2.75, 3.05) is 4.90 Å². The van der Waals surface area contributed by atoms with Crippen molar-refractivity contribution in [3.8, 4) is 22.3 Å². The van der Waals surface area contributed by atoms with Gasteiger partial charge in [0.15, 0.2) is 0 Å². The molecule has 0 N–H and O–H groups in total. The van der Waals surface area contributed by atoms with Crippen molar-refractivity contribution in [3.63, 3.8) is 0 Å². The molecule has 4 fully saturated rings.